The van der Waals surface area contributed by atoms with Crippen LogP contribution >= 0.6 is 0 Å². The average Bonchev–Trinajstić information content (AvgIpc) is 3.09. The monoisotopic (exact) mass is 405 g/mol. The third kappa shape index (κ3) is 3.81. The largest absolute Gasteiger partial charge is 0.368 e. The summed E-state index contributed by atoms with van der Waals surface area (Å²) in [5, 5.41) is 2.40. The van der Waals surface area contributed by atoms with Gasteiger partial charge in [-0.2, -0.15) is 0 Å². The van der Waals surface area contributed by atoms with E-state index in [1.807, 2.05) is 0 Å². The molecular weight excluding hydrogens is 358 g/mol. The van der Waals surface area contributed by atoms with Crippen LogP contribution in [0.1, 0.15) is 97.3 Å². The van der Waals surface area contributed by atoms with Gasteiger partial charge in [0, 0.05) is 24.7 Å². The Morgan fingerprint density at radius 2 is 1.79 bits per heavy atom. The van der Waals surface area contributed by atoms with Crippen LogP contribution < -0.4 is 16.8 Å². The van der Waals surface area contributed by atoms with E-state index in [0.29, 0.717) is 23.5 Å². The zero-order valence-corrected chi connectivity index (χ0v) is 19.1. The van der Waals surface area contributed by atoms with E-state index < -0.39 is 0 Å². The fraction of sp³-hybridized carbons (Fsp3) is 1.00. The molecule has 4 heteroatoms. The van der Waals surface area contributed by atoms with Crippen LogP contribution in [-0.2, 0) is 4.74 Å². The predicted octanol–water partition coefficient (Wildman–Crippen LogP) is 2.57. The second kappa shape index (κ2) is 7.46. The van der Waals surface area contributed by atoms with E-state index in [9.17, 15) is 0 Å². The molecule has 7 N–H and O–H groups in total. The summed E-state index contributed by atoms with van der Waals surface area (Å²) in [6, 6.07) is 0.585. The van der Waals surface area contributed by atoms with Crippen LogP contribution in [0, 0.1) is 29.1 Å². The van der Waals surface area contributed by atoms with Gasteiger partial charge in [0.05, 0.1) is 23.8 Å². The van der Waals surface area contributed by atoms with Gasteiger partial charge in [0.2, 0.25) is 0 Å². The summed E-state index contributed by atoms with van der Waals surface area (Å²) >= 11 is 0. The summed E-state index contributed by atoms with van der Waals surface area (Å²) in [6.45, 7) is 5.97. The van der Waals surface area contributed by atoms with Gasteiger partial charge in [-0.3, -0.25) is 5.73 Å². The van der Waals surface area contributed by atoms with E-state index in [0.717, 1.165) is 17.8 Å². The molecule has 6 fully saturated rings. The molecule has 166 valence electrons. The first-order chi connectivity index (χ1) is 13.8. The Hall–Kier alpha value is -0.160. The van der Waals surface area contributed by atoms with Gasteiger partial charge < -0.3 is 15.8 Å². The molecular formula is C25H47N3O+2. The van der Waals surface area contributed by atoms with Crippen LogP contribution in [0.25, 0.3) is 0 Å². The maximum Gasteiger partial charge on any atom is 0.137 e. The second-order valence-corrected chi connectivity index (χ2v) is 12.6. The Morgan fingerprint density at radius 3 is 2.45 bits per heavy atom. The average molecular weight is 406 g/mol. The molecule has 0 amide bonds. The lowest BCUT2D eigenvalue weighted by molar-refractivity contribution is -0.703. The molecule has 3 aliphatic carbocycles. The maximum absolute atomic E-state index is 7.06. The minimum Gasteiger partial charge on any atom is -0.368 e. The van der Waals surface area contributed by atoms with E-state index in [1.54, 1.807) is 0 Å². The molecule has 0 aromatic rings. The molecule has 1 spiro atoms. The van der Waals surface area contributed by atoms with Gasteiger partial charge in [-0.25, -0.2) is 0 Å². The molecule has 29 heavy (non-hydrogen) atoms. The molecule has 0 radical (unpaired) electrons. The lowest BCUT2D eigenvalue weighted by Gasteiger charge is -2.61. The maximum atomic E-state index is 7.06. The highest BCUT2D eigenvalue weighted by Crippen LogP contribution is 2.61. The van der Waals surface area contributed by atoms with Crippen molar-refractivity contribution in [2.45, 2.75) is 121 Å². The van der Waals surface area contributed by atoms with Crippen LogP contribution in [0.3, 0.4) is 0 Å². The van der Waals surface area contributed by atoms with Gasteiger partial charge in [0.1, 0.15) is 6.17 Å². The van der Waals surface area contributed by atoms with Crippen LogP contribution in [0.15, 0.2) is 0 Å². The molecule has 7 atom stereocenters. The normalized spacial score (nSPS) is 48.8. The van der Waals surface area contributed by atoms with Crippen LogP contribution in [0.2, 0.25) is 0 Å². The number of nitrogens with two attached hydrogens (primary N) is 2. The standard InChI is InChI=1S/C25H45N3O/c1-23(2)20-7-10-25(29-23,15-21(20)26)19-12-18(11-17-5-6-22(27)28-16-17)13-24(14-19)8-3-4-9-24/h17-22,28H,3-16,26-27H2,1-2H3/p+2/t17?,18-,19-,20-,21-,22?,25-/m0/s1. The number of hydrogen-bond acceptors (Lipinski definition) is 2. The van der Waals surface area contributed by atoms with E-state index in [2.05, 4.69) is 24.9 Å². The minimum atomic E-state index is 0.0210. The van der Waals surface area contributed by atoms with Gasteiger partial charge in [-0.1, -0.05) is 12.8 Å². The van der Waals surface area contributed by atoms with Gasteiger partial charge in [-0.15, -0.1) is 0 Å². The van der Waals surface area contributed by atoms with Crippen molar-refractivity contribution in [1.29, 1.82) is 0 Å². The second-order valence-electron chi connectivity index (χ2n) is 12.6. The lowest BCUT2D eigenvalue weighted by Crippen LogP contribution is -2.95. The molecule has 4 nitrogen and oxygen atoms in total. The van der Waals surface area contributed by atoms with Crippen molar-refractivity contribution in [3.63, 3.8) is 0 Å². The topological polar surface area (TPSA) is 79.5 Å². The molecule has 0 aromatic carbocycles. The number of fused-ring (bicyclic) bond motifs is 3. The summed E-state index contributed by atoms with van der Waals surface area (Å²) < 4.78 is 7.06. The summed E-state index contributed by atoms with van der Waals surface area (Å²) in [5.41, 5.74) is 11.6. The Bertz CT molecular complexity index is 593. The highest BCUT2D eigenvalue weighted by molar-refractivity contribution is 5.09. The Labute approximate surface area is 178 Å². The van der Waals surface area contributed by atoms with Crippen molar-refractivity contribution in [2.75, 3.05) is 6.54 Å². The van der Waals surface area contributed by atoms with Crippen molar-refractivity contribution < 1.29 is 15.8 Å². The molecule has 3 heterocycles. The Morgan fingerprint density at radius 1 is 1.00 bits per heavy atom. The highest BCUT2D eigenvalue weighted by Gasteiger charge is 2.61. The molecule has 3 aliphatic heterocycles. The Balaban J connectivity index is 1.36. The molecule has 2 unspecified atom stereocenters. The zero-order chi connectivity index (χ0) is 20.3. The summed E-state index contributed by atoms with van der Waals surface area (Å²) in [7, 11) is 0. The van der Waals surface area contributed by atoms with Crippen LogP contribution in [0.4, 0.5) is 0 Å². The molecule has 6 aliphatic rings. The number of quaternary nitrogens is 2. The van der Waals surface area contributed by atoms with Crippen molar-refractivity contribution >= 4 is 0 Å². The fourth-order valence-electron chi connectivity index (χ4n) is 9.00. The summed E-state index contributed by atoms with van der Waals surface area (Å²) in [6.07, 6.45) is 18.5. The first-order valence-electron chi connectivity index (χ1n) is 12.9. The first-order valence-corrected chi connectivity index (χ1v) is 12.9. The van der Waals surface area contributed by atoms with Crippen LogP contribution in [0.5, 0.6) is 0 Å². The lowest BCUT2D eigenvalue weighted by atomic mass is 9.54. The predicted molar refractivity (Wildman–Crippen MR) is 116 cm³/mol. The quantitative estimate of drug-likeness (QED) is 0.675. The SMILES string of the molecule is CC1(C)O[C@@]2([C@H]3C[C@H](CC4CCC(N)[NH2+]C4)CC4(CCCC4)C3)CC[C@H]1[C@@H]([NH3+])C2. The van der Waals surface area contributed by atoms with Crippen LogP contribution in [-0.4, -0.2) is 30.0 Å². The smallest absolute Gasteiger partial charge is 0.137 e. The molecule has 3 saturated heterocycles. The van der Waals surface area contributed by atoms with E-state index in [-0.39, 0.29) is 11.2 Å². The third-order valence-corrected chi connectivity index (χ3v) is 10.2. The highest BCUT2D eigenvalue weighted by atomic mass is 16.5. The molecule has 2 bridgehead atoms. The van der Waals surface area contributed by atoms with Gasteiger partial charge >= 0.3 is 0 Å². The molecule has 3 saturated carbocycles. The van der Waals surface area contributed by atoms with E-state index in [1.165, 1.54) is 90.0 Å². The van der Waals surface area contributed by atoms with E-state index in [4.69, 9.17) is 10.5 Å². The van der Waals surface area contributed by atoms with Gasteiger partial charge in [0.15, 0.2) is 0 Å². The van der Waals surface area contributed by atoms with Crippen molar-refractivity contribution in [1.82, 2.24) is 0 Å². The van der Waals surface area contributed by atoms with Crippen molar-refractivity contribution in [3.05, 3.63) is 0 Å². The van der Waals surface area contributed by atoms with Gasteiger partial charge in [0.25, 0.3) is 0 Å². The molecule has 0 aromatic heterocycles. The van der Waals surface area contributed by atoms with Gasteiger partial charge in [-0.05, 0) is 88.9 Å². The van der Waals surface area contributed by atoms with Crippen molar-refractivity contribution in [2.24, 2.45) is 34.8 Å². The summed E-state index contributed by atoms with van der Waals surface area (Å²) in [5.74, 6) is 3.21. The fourth-order valence-corrected chi connectivity index (χ4v) is 9.00. The zero-order valence-electron chi connectivity index (χ0n) is 19.1. The number of hydrogen-bond donors (Lipinski definition) is 3. The molecule has 6 rings (SSSR count). The third-order valence-electron chi connectivity index (χ3n) is 10.2. The number of piperidine rings is 1. The first kappa shape index (κ1) is 20.7. The van der Waals surface area contributed by atoms with E-state index >= 15 is 0 Å². The van der Waals surface area contributed by atoms with Crippen molar-refractivity contribution in [3.8, 4) is 0 Å². The summed E-state index contributed by atoms with van der Waals surface area (Å²) in [4.78, 5) is 0. The number of ether oxygens (including phenoxy) is 1. The number of rotatable bonds is 3. The minimum absolute atomic E-state index is 0.0210. The Kier molecular flexibility index (Phi) is 5.33.